The van der Waals surface area contributed by atoms with Gasteiger partial charge in [-0.2, -0.15) is 0 Å². The second-order valence-corrected chi connectivity index (χ2v) is 7.43. The van der Waals surface area contributed by atoms with Crippen molar-refractivity contribution in [2.45, 2.75) is 12.8 Å². The number of rotatable bonds is 10. The molecular formula is C19H22O6S. The molecule has 6 nitrogen and oxygen atoms in total. The first-order valence-corrected chi connectivity index (χ1v) is 9.44. The van der Waals surface area contributed by atoms with Crippen molar-refractivity contribution in [1.29, 1.82) is 0 Å². The summed E-state index contributed by atoms with van der Waals surface area (Å²) in [7, 11) is -3.33. The van der Waals surface area contributed by atoms with E-state index in [2.05, 4.69) is 19.7 Å². The van der Waals surface area contributed by atoms with Gasteiger partial charge >= 0.3 is 5.97 Å². The molecular weight excluding hydrogens is 356 g/mol. The Balaban J connectivity index is 0.000000502. The normalized spacial score (nSPS) is 10.0. The van der Waals surface area contributed by atoms with E-state index in [1.165, 1.54) is 0 Å². The van der Waals surface area contributed by atoms with E-state index in [1.54, 1.807) is 30.3 Å². The number of benzene rings is 1. The van der Waals surface area contributed by atoms with Crippen molar-refractivity contribution in [3.8, 4) is 0 Å². The highest BCUT2D eigenvalue weighted by Gasteiger charge is 2.13. The highest BCUT2D eigenvalue weighted by atomic mass is 32.2. The molecule has 0 aliphatic carbocycles. The quantitative estimate of drug-likeness (QED) is 0.628. The zero-order chi connectivity index (χ0) is 20.2. The number of sulfone groups is 1. The molecule has 1 rings (SSSR count). The average molecular weight is 378 g/mol. The van der Waals surface area contributed by atoms with Gasteiger partial charge < -0.3 is 5.11 Å². The summed E-state index contributed by atoms with van der Waals surface area (Å²) in [5, 5.41) is 8.52. The number of allylic oxidation sites excluding steroid dienone is 2. The predicted octanol–water partition coefficient (Wildman–Crippen LogP) is 2.72. The SMILES string of the molecule is C=CC(=O)CCS(=O)(=O)CCC(=O)C=C.C=Cc1ccc(C(=O)O)cc1. The number of aromatic carboxylic acids is 1. The third-order valence-electron chi connectivity index (χ3n) is 3.17. The molecule has 7 heteroatoms. The molecule has 0 heterocycles. The van der Waals surface area contributed by atoms with Crippen molar-refractivity contribution >= 4 is 33.4 Å². The summed E-state index contributed by atoms with van der Waals surface area (Å²) >= 11 is 0. The maximum atomic E-state index is 11.3. The van der Waals surface area contributed by atoms with Crippen LogP contribution in [0.25, 0.3) is 6.08 Å². The molecule has 26 heavy (non-hydrogen) atoms. The van der Waals surface area contributed by atoms with Crippen molar-refractivity contribution in [2.24, 2.45) is 0 Å². The van der Waals surface area contributed by atoms with Crippen molar-refractivity contribution in [1.82, 2.24) is 0 Å². The Hall–Kier alpha value is -2.80. The largest absolute Gasteiger partial charge is 0.478 e. The Morgan fingerprint density at radius 2 is 1.31 bits per heavy atom. The van der Waals surface area contributed by atoms with E-state index in [1.807, 2.05) is 0 Å². The molecule has 1 N–H and O–H groups in total. The molecule has 0 aliphatic rings. The first-order chi connectivity index (χ1) is 12.1. The smallest absolute Gasteiger partial charge is 0.335 e. The zero-order valence-corrected chi connectivity index (χ0v) is 15.2. The lowest BCUT2D eigenvalue weighted by atomic mass is 10.1. The van der Waals surface area contributed by atoms with Crippen LogP contribution in [-0.2, 0) is 19.4 Å². The van der Waals surface area contributed by atoms with Gasteiger partial charge in [0.05, 0.1) is 17.1 Å². The topological polar surface area (TPSA) is 106 Å². The molecule has 0 spiro atoms. The van der Waals surface area contributed by atoms with Crippen LogP contribution < -0.4 is 0 Å². The average Bonchev–Trinajstić information content (AvgIpc) is 2.64. The third-order valence-corrected chi connectivity index (χ3v) is 4.82. The Morgan fingerprint density at radius 1 is 0.885 bits per heavy atom. The molecule has 0 atom stereocenters. The molecule has 0 bridgehead atoms. The van der Waals surface area contributed by atoms with Crippen molar-refractivity contribution in [2.75, 3.05) is 11.5 Å². The molecule has 0 unspecified atom stereocenters. The Bertz CT molecular complexity index is 743. The highest BCUT2D eigenvalue weighted by Crippen LogP contribution is 2.04. The van der Waals surface area contributed by atoms with Gasteiger partial charge in [-0.3, -0.25) is 9.59 Å². The van der Waals surface area contributed by atoms with Crippen LogP contribution in [0.2, 0.25) is 0 Å². The minimum Gasteiger partial charge on any atom is -0.478 e. The van der Waals surface area contributed by atoms with Gasteiger partial charge in [-0.15, -0.1) is 0 Å². The molecule has 1 aromatic carbocycles. The van der Waals surface area contributed by atoms with Crippen molar-refractivity contribution < 1.29 is 27.9 Å². The first-order valence-electron chi connectivity index (χ1n) is 7.62. The molecule has 0 amide bonds. The molecule has 0 radical (unpaired) electrons. The van der Waals surface area contributed by atoms with Crippen molar-refractivity contribution in [3.63, 3.8) is 0 Å². The number of hydrogen-bond donors (Lipinski definition) is 1. The van der Waals surface area contributed by atoms with E-state index in [9.17, 15) is 22.8 Å². The fraction of sp³-hybridized carbons (Fsp3) is 0.211. The molecule has 1 aromatic rings. The van der Waals surface area contributed by atoms with Crippen LogP contribution in [0.4, 0.5) is 0 Å². The predicted molar refractivity (Wildman–Crippen MR) is 102 cm³/mol. The summed E-state index contributed by atoms with van der Waals surface area (Å²) in [6, 6.07) is 6.55. The molecule has 0 aliphatic heterocycles. The van der Waals surface area contributed by atoms with Gasteiger partial charge in [0, 0.05) is 12.8 Å². The van der Waals surface area contributed by atoms with E-state index in [0.29, 0.717) is 5.56 Å². The Kier molecular flexibility index (Phi) is 10.4. The lowest BCUT2D eigenvalue weighted by molar-refractivity contribution is -0.114. The lowest BCUT2D eigenvalue weighted by Crippen LogP contribution is -2.15. The van der Waals surface area contributed by atoms with Crippen LogP contribution in [0.3, 0.4) is 0 Å². The number of carboxylic acids is 1. The maximum Gasteiger partial charge on any atom is 0.335 e. The number of carbonyl (C=O) groups excluding carboxylic acids is 2. The summed E-state index contributed by atoms with van der Waals surface area (Å²) in [4.78, 5) is 31.9. The standard InChI is InChI=1S/C10H14O4S.C9H8O2/c1-3-9(11)5-7-15(13,14)8-6-10(12)4-2;1-2-7-3-5-8(6-4-7)9(10)11/h3-4H,1-2,5-8H2;2-6H,1H2,(H,10,11). The number of carbonyl (C=O) groups is 3. The summed E-state index contributed by atoms with van der Waals surface area (Å²) in [6.07, 6.45) is 3.70. The van der Waals surface area contributed by atoms with Gasteiger partial charge in [-0.05, 0) is 29.8 Å². The summed E-state index contributed by atoms with van der Waals surface area (Å²) < 4.78 is 22.6. The van der Waals surface area contributed by atoms with Crippen LogP contribution in [0.15, 0.2) is 56.2 Å². The highest BCUT2D eigenvalue weighted by molar-refractivity contribution is 7.91. The van der Waals surface area contributed by atoms with Gasteiger partial charge in [0.15, 0.2) is 21.4 Å². The van der Waals surface area contributed by atoms with Crippen LogP contribution in [0, 0.1) is 0 Å². The maximum absolute atomic E-state index is 11.3. The van der Waals surface area contributed by atoms with Crippen molar-refractivity contribution in [3.05, 3.63) is 67.3 Å². The summed E-state index contributed by atoms with van der Waals surface area (Å²) in [6.45, 7) is 10.0. The third kappa shape index (κ3) is 10.1. The fourth-order valence-corrected chi connectivity index (χ4v) is 2.81. The van der Waals surface area contributed by atoms with Crippen LogP contribution in [-0.4, -0.2) is 42.6 Å². The second-order valence-electron chi connectivity index (χ2n) is 5.12. The van der Waals surface area contributed by atoms with Crippen LogP contribution >= 0.6 is 0 Å². The fourth-order valence-electron chi connectivity index (χ4n) is 1.58. The minimum absolute atomic E-state index is 0.0753. The Labute approximate surface area is 153 Å². The van der Waals surface area contributed by atoms with Gasteiger partial charge in [-0.25, -0.2) is 13.2 Å². The Morgan fingerprint density at radius 3 is 1.62 bits per heavy atom. The number of hydrogen-bond acceptors (Lipinski definition) is 5. The first kappa shape index (κ1) is 23.2. The summed E-state index contributed by atoms with van der Waals surface area (Å²) in [5.41, 5.74) is 1.23. The second kappa shape index (κ2) is 11.7. The zero-order valence-electron chi connectivity index (χ0n) is 14.4. The molecule has 0 fully saturated rings. The molecule has 0 saturated carbocycles. The van der Waals surface area contributed by atoms with E-state index < -0.39 is 15.8 Å². The minimum atomic E-state index is -3.33. The summed E-state index contributed by atoms with van der Waals surface area (Å²) in [5.74, 6) is -1.99. The number of ketones is 2. The molecule has 0 aromatic heterocycles. The van der Waals surface area contributed by atoms with Gasteiger partial charge in [-0.1, -0.05) is 37.9 Å². The van der Waals surface area contributed by atoms with E-state index in [4.69, 9.17) is 5.11 Å². The van der Waals surface area contributed by atoms with E-state index >= 15 is 0 Å². The van der Waals surface area contributed by atoms with E-state index in [-0.39, 0.29) is 35.9 Å². The molecule has 0 saturated heterocycles. The lowest BCUT2D eigenvalue weighted by Gasteiger charge is -2.00. The van der Waals surface area contributed by atoms with Gasteiger partial charge in [0.2, 0.25) is 0 Å². The monoisotopic (exact) mass is 378 g/mol. The van der Waals surface area contributed by atoms with Crippen LogP contribution in [0.1, 0.15) is 28.8 Å². The molecule has 140 valence electrons. The van der Waals surface area contributed by atoms with Gasteiger partial charge in [0.1, 0.15) is 0 Å². The van der Waals surface area contributed by atoms with Gasteiger partial charge in [0.25, 0.3) is 0 Å². The number of carboxylic acid groups (broad SMARTS) is 1. The van der Waals surface area contributed by atoms with E-state index in [0.717, 1.165) is 17.7 Å². The van der Waals surface area contributed by atoms with Crippen LogP contribution in [0.5, 0.6) is 0 Å².